The van der Waals surface area contributed by atoms with E-state index in [4.69, 9.17) is 0 Å². The second-order valence-corrected chi connectivity index (χ2v) is 6.82. The van der Waals surface area contributed by atoms with E-state index in [0.29, 0.717) is 5.56 Å². The Balaban J connectivity index is 2.11. The second-order valence-electron chi connectivity index (χ2n) is 4.64. The van der Waals surface area contributed by atoms with E-state index in [1.54, 1.807) is 31.3 Å². The van der Waals surface area contributed by atoms with E-state index in [-0.39, 0.29) is 11.7 Å². The number of aromatic nitrogens is 2. The van der Waals surface area contributed by atoms with Gasteiger partial charge >= 0.3 is 0 Å². The van der Waals surface area contributed by atoms with Crippen LogP contribution in [0, 0.1) is 0 Å². The van der Waals surface area contributed by atoms with Crippen LogP contribution in [0.4, 0.5) is 0 Å². The molecule has 0 saturated heterocycles. The van der Waals surface area contributed by atoms with Crippen LogP contribution >= 0.6 is 0 Å². The van der Waals surface area contributed by atoms with E-state index < -0.39 is 15.9 Å². The average Bonchev–Trinajstić information content (AvgIpc) is 2.72. The lowest BCUT2D eigenvalue weighted by molar-refractivity contribution is 0.0944. The molecule has 1 heterocycles. The van der Waals surface area contributed by atoms with Gasteiger partial charge in [0.1, 0.15) is 9.84 Å². The molecule has 0 spiro atoms. The Hall–Kier alpha value is -1.89. The molecule has 0 saturated carbocycles. The molecule has 0 bridgehead atoms. The van der Waals surface area contributed by atoms with Crippen LogP contribution < -0.4 is 5.32 Å². The lowest BCUT2D eigenvalue weighted by Gasteiger charge is -2.12. The first-order valence-corrected chi connectivity index (χ1v) is 7.83. The zero-order valence-electron chi connectivity index (χ0n) is 10.7. The van der Waals surface area contributed by atoms with Crippen LogP contribution in [0.25, 0.3) is 10.9 Å². The third-order valence-electron chi connectivity index (χ3n) is 2.63. The molecule has 102 valence electrons. The summed E-state index contributed by atoms with van der Waals surface area (Å²) in [5.41, 5.74) is 1.24. The maximum absolute atomic E-state index is 12.0. The molecule has 7 heteroatoms. The highest BCUT2D eigenvalue weighted by Gasteiger charge is 2.14. The zero-order valence-corrected chi connectivity index (χ0v) is 11.5. The Morgan fingerprint density at radius 3 is 2.89 bits per heavy atom. The fraction of sp³-hybridized carbons (Fsp3) is 0.333. The molecule has 0 radical (unpaired) electrons. The lowest BCUT2D eigenvalue weighted by Crippen LogP contribution is -2.37. The highest BCUT2D eigenvalue weighted by molar-refractivity contribution is 7.90. The molecular weight excluding hydrogens is 266 g/mol. The van der Waals surface area contributed by atoms with E-state index in [1.165, 1.54) is 0 Å². The van der Waals surface area contributed by atoms with Gasteiger partial charge in [-0.05, 0) is 19.1 Å². The smallest absolute Gasteiger partial charge is 0.251 e. The van der Waals surface area contributed by atoms with Gasteiger partial charge < -0.3 is 5.32 Å². The first-order chi connectivity index (χ1) is 8.85. The summed E-state index contributed by atoms with van der Waals surface area (Å²) in [6.45, 7) is 1.66. The maximum atomic E-state index is 12.0. The minimum absolute atomic E-state index is 0.0783. The van der Waals surface area contributed by atoms with Crippen molar-refractivity contribution in [3.8, 4) is 0 Å². The summed E-state index contributed by atoms with van der Waals surface area (Å²) in [5.74, 6) is -0.377. The van der Waals surface area contributed by atoms with Gasteiger partial charge in [0, 0.05) is 23.2 Å². The zero-order chi connectivity index (χ0) is 14.0. The molecule has 2 aromatic rings. The standard InChI is InChI=1S/C12H15N3O3S/c1-8(7-19(2,17)18)14-12(16)9-3-4-10-6-13-15-11(10)5-9/h3-6,8H,7H2,1-2H3,(H,13,15)(H,14,16). The number of hydrogen-bond donors (Lipinski definition) is 2. The van der Waals surface area contributed by atoms with Crippen molar-refractivity contribution in [3.05, 3.63) is 30.0 Å². The van der Waals surface area contributed by atoms with Gasteiger partial charge in [0.15, 0.2) is 0 Å². The summed E-state index contributed by atoms with van der Waals surface area (Å²) >= 11 is 0. The molecule has 19 heavy (non-hydrogen) atoms. The number of carbonyl (C=O) groups excluding carboxylic acids is 1. The minimum Gasteiger partial charge on any atom is -0.349 e. The van der Waals surface area contributed by atoms with Crippen molar-refractivity contribution >= 4 is 26.6 Å². The number of fused-ring (bicyclic) bond motifs is 1. The molecule has 0 aliphatic carbocycles. The molecule has 0 aliphatic heterocycles. The number of rotatable bonds is 4. The van der Waals surface area contributed by atoms with Crippen molar-refractivity contribution in [2.45, 2.75) is 13.0 Å². The highest BCUT2D eigenvalue weighted by atomic mass is 32.2. The van der Waals surface area contributed by atoms with Gasteiger partial charge in [-0.1, -0.05) is 6.07 Å². The molecule has 1 aromatic carbocycles. The number of aromatic amines is 1. The lowest BCUT2D eigenvalue weighted by atomic mass is 10.1. The van der Waals surface area contributed by atoms with E-state index in [0.717, 1.165) is 17.2 Å². The fourth-order valence-corrected chi connectivity index (χ4v) is 2.87. The summed E-state index contributed by atoms with van der Waals surface area (Å²) in [4.78, 5) is 12.0. The summed E-state index contributed by atoms with van der Waals surface area (Å²) in [6.07, 6.45) is 2.82. The van der Waals surface area contributed by atoms with Gasteiger partial charge in [0.05, 0.1) is 17.5 Å². The number of carbonyl (C=O) groups is 1. The predicted molar refractivity (Wildman–Crippen MR) is 72.7 cm³/mol. The SMILES string of the molecule is CC(CS(C)(=O)=O)NC(=O)c1ccc2cn[nH]c2c1. The highest BCUT2D eigenvalue weighted by Crippen LogP contribution is 2.12. The Labute approximate surface area is 111 Å². The Morgan fingerprint density at radius 1 is 1.47 bits per heavy atom. The third-order valence-corrected chi connectivity index (χ3v) is 3.74. The van der Waals surface area contributed by atoms with Crippen molar-refractivity contribution in [2.75, 3.05) is 12.0 Å². The topological polar surface area (TPSA) is 91.9 Å². The summed E-state index contributed by atoms with van der Waals surface area (Å²) in [6, 6.07) is 4.72. The van der Waals surface area contributed by atoms with Crippen LogP contribution in [0.3, 0.4) is 0 Å². The average molecular weight is 281 g/mol. The Kier molecular flexibility index (Phi) is 3.57. The molecular formula is C12H15N3O3S. The van der Waals surface area contributed by atoms with Gasteiger partial charge in [0.25, 0.3) is 5.91 Å². The third kappa shape index (κ3) is 3.54. The minimum atomic E-state index is -3.11. The first-order valence-electron chi connectivity index (χ1n) is 5.77. The summed E-state index contributed by atoms with van der Waals surface area (Å²) in [7, 11) is -3.11. The predicted octanol–water partition coefficient (Wildman–Crippen LogP) is 0.726. The Bertz CT molecular complexity index is 706. The van der Waals surface area contributed by atoms with Gasteiger partial charge in [-0.25, -0.2) is 8.42 Å². The van der Waals surface area contributed by atoms with E-state index >= 15 is 0 Å². The second kappa shape index (κ2) is 5.00. The van der Waals surface area contributed by atoms with E-state index in [9.17, 15) is 13.2 Å². The van der Waals surface area contributed by atoms with E-state index in [1.807, 2.05) is 0 Å². The molecule has 0 aliphatic rings. The first kappa shape index (κ1) is 13.5. The van der Waals surface area contributed by atoms with Crippen LogP contribution in [-0.2, 0) is 9.84 Å². The quantitative estimate of drug-likeness (QED) is 0.864. The molecule has 2 N–H and O–H groups in total. The molecule has 6 nitrogen and oxygen atoms in total. The van der Waals surface area contributed by atoms with Crippen LogP contribution in [0.15, 0.2) is 24.4 Å². The van der Waals surface area contributed by atoms with Gasteiger partial charge in [-0.15, -0.1) is 0 Å². The number of benzene rings is 1. The number of hydrogen-bond acceptors (Lipinski definition) is 4. The number of amides is 1. The molecule has 0 fully saturated rings. The molecule has 1 amide bonds. The van der Waals surface area contributed by atoms with Crippen molar-refractivity contribution in [3.63, 3.8) is 0 Å². The molecule has 1 unspecified atom stereocenters. The van der Waals surface area contributed by atoms with Crippen molar-refractivity contribution < 1.29 is 13.2 Å². The van der Waals surface area contributed by atoms with E-state index in [2.05, 4.69) is 15.5 Å². The van der Waals surface area contributed by atoms with Gasteiger partial charge in [0.2, 0.25) is 0 Å². The van der Waals surface area contributed by atoms with Crippen LogP contribution in [-0.4, -0.2) is 42.6 Å². The van der Waals surface area contributed by atoms with Gasteiger partial charge in [-0.2, -0.15) is 5.10 Å². The summed E-state index contributed by atoms with van der Waals surface area (Å²) < 4.78 is 22.3. The number of H-pyrrole nitrogens is 1. The molecule has 1 aromatic heterocycles. The van der Waals surface area contributed by atoms with Crippen molar-refractivity contribution in [2.24, 2.45) is 0 Å². The molecule has 1 atom stereocenters. The van der Waals surface area contributed by atoms with Crippen LogP contribution in [0.5, 0.6) is 0 Å². The molecule has 2 rings (SSSR count). The largest absolute Gasteiger partial charge is 0.349 e. The van der Waals surface area contributed by atoms with Crippen LogP contribution in [0.2, 0.25) is 0 Å². The monoisotopic (exact) mass is 281 g/mol. The van der Waals surface area contributed by atoms with Crippen molar-refractivity contribution in [1.29, 1.82) is 0 Å². The Morgan fingerprint density at radius 2 is 2.21 bits per heavy atom. The number of nitrogens with zero attached hydrogens (tertiary/aromatic N) is 1. The number of sulfone groups is 1. The normalized spacial score (nSPS) is 13.4. The van der Waals surface area contributed by atoms with Gasteiger partial charge in [-0.3, -0.25) is 9.89 Å². The fourth-order valence-electron chi connectivity index (χ4n) is 1.88. The maximum Gasteiger partial charge on any atom is 0.251 e. The van der Waals surface area contributed by atoms with Crippen LogP contribution in [0.1, 0.15) is 17.3 Å². The van der Waals surface area contributed by atoms with Crippen molar-refractivity contribution in [1.82, 2.24) is 15.5 Å². The summed E-state index contributed by atoms with van der Waals surface area (Å²) in [5, 5.41) is 10.2. The number of nitrogens with one attached hydrogen (secondary N) is 2.